The Morgan fingerprint density at radius 1 is 1.29 bits per heavy atom. The van der Waals surface area contributed by atoms with E-state index in [-0.39, 0.29) is 5.91 Å². The van der Waals surface area contributed by atoms with Crippen molar-refractivity contribution >= 4 is 44.8 Å². The molecule has 0 aliphatic rings. The Labute approximate surface area is 143 Å². The van der Waals surface area contributed by atoms with E-state index in [1.165, 1.54) is 11.3 Å². The van der Waals surface area contributed by atoms with Crippen LogP contribution in [0.5, 0.6) is 0 Å². The zero-order valence-electron chi connectivity index (χ0n) is 13.9. The number of nitrogens with one attached hydrogen (secondary N) is 1. The van der Waals surface area contributed by atoms with Crippen molar-refractivity contribution in [3.05, 3.63) is 34.6 Å². The molecule has 8 heteroatoms. The highest BCUT2D eigenvalue weighted by Gasteiger charge is 2.20. The van der Waals surface area contributed by atoms with Crippen LogP contribution >= 0.6 is 11.3 Å². The van der Waals surface area contributed by atoms with Gasteiger partial charge in [0, 0.05) is 20.3 Å². The van der Waals surface area contributed by atoms with Crippen LogP contribution in [-0.4, -0.2) is 35.0 Å². The van der Waals surface area contributed by atoms with Crippen LogP contribution in [0.25, 0.3) is 10.2 Å². The molecule has 24 heavy (non-hydrogen) atoms. The van der Waals surface area contributed by atoms with Crippen molar-refractivity contribution in [2.45, 2.75) is 13.8 Å². The van der Waals surface area contributed by atoms with Crippen LogP contribution in [-0.2, 0) is 0 Å². The van der Waals surface area contributed by atoms with E-state index in [4.69, 9.17) is 5.73 Å². The molecular formula is C16H18N6OS. The third-order valence-corrected chi connectivity index (χ3v) is 4.78. The number of hydrogen-bond acceptors (Lipinski definition) is 7. The molecule has 0 fully saturated rings. The first-order valence-corrected chi connectivity index (χ1v) is 8.17. The maximum Gasteiger partial charge on any atom is 0.266 e. The molecule has 1 amide bonds. The number of aryl methyl sites for hydroxylation is 2. The van der Waals surface area contributed by atoms with Gasteiger partial charge in [-0.1, -0.05) is 0 Å². The fraction of sp³-hybridized carbons (Fsp3) is 0.250. The first-order chi connectivity index (χ1) is 11.4. The lowest BCUT2D eigenvalue weighted by Gasteiger charge is -2.16. The SMILES string of the molecule is Cc1nc(N)c2c(C)c(C(=O)Nc3cccnc3N(C)C)sc2n1. The molecule has 0 bridgehead atoms. The van der Waals surface area contributed by atoms with E-state index in [9.17, 15) is 4.79 Å². The molecule has 124 valence electrons. The smallest absolute Gasteiger partial charge is 0.266 e. The highest BCUT2D eigenvalue weighted by atomic mass is 32.1. The normalized spacial score (nSPS) is 10.8. The Morgan fingerprint density at radius 3 is 2.75 bits per heavy atom. The number of nitrogen functional groups attached to an aromatic ring is 1. The number of thiophene rings is 1. The molecule has 3 heterocycles. The van der Waals surface area contributed by atoms with Crippen LogP contribution in [0, 0.1) is 13.8 Å². The molecule has 0 saturated heterocycles. The predicted octanol–water partition coefficient (Wildman–Crippen LogP) is 2.60. The van der Waals surface area contributed by atoms with Crippen molar-refractivity contribution in [3.8, 4) is 0 Å². The molecule has 0 aliphatic heterocycles. The van der Waals surface area contributed by atoms with Crippen molar-refractivity contribution in [2.24, 2.45) is 0 Å². The van der Waals surface area contributed by atoms with E-state index in [1.807, 2.05) is 32.0 Å². The maximum atomic E-state index is 12.7. The van der Waals surface area contributed by atoms with Gasteiger partial charge in [0.2, 0.25) is 0 Å². The van der Waals surface area contributed by atoms with Crippen molar-refractivity contribution < 1.29 is 4.79 Å². The molecular weight excluding hydrogens is 324 g/mol. The molecule has 3 rings (SSSR count). The second kappa shape index (κ2) is 6.04. The second-order valence-corrected chi connectivity index (χ2v) is 6.61. The summed E-state index contributed by atoms with van der Waals surface area (Å²) in [6, 6.07) is 3.61. The number of rotatable bonds is 3. The van der Waals surface area contributed by atoms with Gasteiger partial charge >= 0.3 is 0 Å². The van der Waals surface area contributed by atoms with E-state index in [2.05, 4.69) is 20.3 Å². The summed E-state index contributed by atoms with van der Waals surface area (Å²) in [6.45, 7) is 3.64. The Morgan fingerprint density at radius 2 is 2.04 bits per heavy atom. The molecule has 0 aliphatic carbocycles. The van der Waals surface area contributed by atoms with Gasteiger partial charge in [0.15, 0.2) is 5.82 Å². The number of amides is 1. The minimum absolute atomic E-state index is 0.205. The number of fused-ring (bicyclic) bond motifs is 1. The van der Waals surface area contributed by atoms with Crippen LogP contribution in [0.3, 0.4) is 0 Å². The summed E-state index contributed by atoms with van der Waals surface area (Å²) in [7, 11) is 3.75. The highest BCUT2D eigenvalue weighted by molar-refractivity contribution is 7.20. The topological polar surface area (TPSA) is 97.0 Å². The molecule has 7 nitrogen and oxygen atoms in total. The summed E-state index contributed by atoms with van der Waals surface area (Å²) >= 11 is 1.32. The minimum Gasteiger partial charge on any atom is -0.383 e. The van der Waals surface area contributed by atoms with Gasteiger partial charge in [0.05, 0.1) is 16.0 Å². The van der Waals surface area contributed by atoms with E-state index in [0.29, 0.717) is 28.0 Å². The van der Waals surface area contributed by atoms with Gasteiger partial charge in [-0.05, 0) is 31.5 Å². The molecule has 0 radical (unpaired) electrons. The quantitative estimate of drug-likeness (QED) is 0.759. The zero-order valence-corrected chi connectivity index (χ0v) is 14.7. The van der Waals surface area contributed by atoms with E-state index in [1.54, 1.807) is 19.2 Å². The average molecular weight is 342 g/mol. The first kappa shape index (κ1) is 16.1. The fourth-order valence-electron chi connectivity index (χ4n) is 2.53. The molecule has 3 aromatic heterocycles. The Balaban J connectivity index is 2.01. The van der Waals surface area contributed by atoms with Gasteiger partial charge in [0.25, 0.3) is 5.91 Å². The summed E-state index contributed by atoms with van der Waals surface area (Å²) < 4.78 is 0. The zero-order chi connectivity index (χ0) is 17.4. The average Bonchev–Trinajstić information content (AvgIpc) is 2.84. The molecule has 0 aromatic carbocycles. The number of hydrogen-bond donors (Lipinski definition) is 2. The summed E-state index contributed by atoms with van der Waals surface area (Å²) in [6.07, 6.45) is 1.69. The molecule has 3 N–H and O–H groups in total. The van der Waals surface area contributed by atoms with Gasteiger partial charge in [-0.2, -0.15) is 0 Å². The lowest BCUT2D eigenvalue weighted by Crippen LogP contribution is -2.17. The number of carbonyl (C=O) groups excluding carboxylic acids is 1. The number of anilines is 3. The fourth-order valence-corrected chi connectivity index (χ4v) is 3.66. The second-order valence-electron chi connectivity index (χ2n) is 5.62. The van der Waals surface area contributed by atoms with Crippen molar-refractivity contribution in [1.82, 2.24) is 15.0 Å². The number of carbonyl (C=O) groups is 1. The van der Waals surface area contributed by atoms with Crippen molar-refractivity contribution in [1.29, 1.82) is 0 Å². The maximum absolute atomic E-state index is 12.7. The third kappa shape index (κ3) is 2.76. The third-order valence-electron chi connectivity index (χ3n) is 3.59. The van der Waals surface area contributed by atoms with Crippen LogP contribution in [0.1, 0.15) is 21.1 Å². The number of nitrogens with two attached hydrogens (primary N) is 1. The van der Waals surface area contributed by atoms with Crippen LogP contribution in [0.2, 0.25) is 0 Å². The van der Waals surface area contributed by atoms with Gasteiger partial charge in [0.1, 0.15) is 16.5 Å². The summed E-state index contributed by atoms with van der Waals surface area (Å²) in [5.74, 6) is 1.49. The van der Waals surface area contributed by atoms with Gasteiger partial charge in [-0.25, -0.2) is 15.0 Å². The molecule has 0 atom stereocenters. The first-order valence-electron chi connectivity index (χ1n) is 7.35. The minimum atomic E-state index is -0.205. The van der Waals surface area contributed by atoms with E-state index in [0.717, 1.165) is 15.8 Å². The summed E-state index contributed by atoms with van der Waals surface area (Å²) in [5.41, 5.74) is 7.44. The molecule has 3 aromatic rings. The molecule has 0 unspecified atom stereocenters. The van der Waals surface area contributed by atoms with Crippen LogP contribution in [0.15, 0.2) is 18.3 Å². The Bertz CT molecular complexity index is 934. The molecule has 0 saturated carbocycles. The van der Waals surface area contributed by atoms with Crippen LogP contribution in [0.4, 0.5) is 17.3 Å². The lowest BCUT2D eigenvalue weighted by atomic mass is 10.2. The summed E-state index contributed by atoms with van der Waals surface area (Å²) in [4.78, 5) is 28.7. The lowest BCUT2D eigenvalue weighted by molar-refractivity contribution is 0.103. The van der Waals surface area contributed by atoms with Gasteiger partial charge in [-0.15, -0.1) is 11.3 Å². The van der Waals surface area contributed by atoms with E-state index >= 15 is 0 Å². The van der Waals surface area contributed by atoms with E-state index < -0.39 is 0 Å². The predicted molar refractivity (Wildman–Crippen MR) is 97.8 cm³/mol. The van der Waals surface area contributed by atoms with Gasteiger partial charge < -0.3 is 16.0 Å². The number of aromatic nitrogens is 3. The summed E-state index contributed by atoms with van der Waals surface area (Å²) in [5, 5.41) is 3.67. The molecule has 0 spiro atoms. The largest absolute Gasteiger partial charge is 0.383 e. The Hall–Kier alpha value is -2.74. The Kier molecular flexibility index (Phi) is 4.06. The van der Waals surface area contributed by atoms with Crippen molar-refractivity contribution in [2.75, 3.05) is 30.0 Å². The van der Waals surface area contributed by atoms with Gasteiger partial charge in [-0.3, -0.25) is 4.79 Å². The van der Waals surface area contributed by atoms with Crippen LogP contribution < -0.4 is 16.0 Å². The number of nitrogens with zero attached hydrogens (tertiary/aromatic N) is 4. The number of pyridine rings is 1. The highest BCUT2D eigenvalue weighted by Crippen LogP contribution is 2.33. The monoisotopic (exact) mass is 342 g/mol. The standard InChI is InChI=1S/C16H18N6OS/c1-8-11-13(17)19-9(2)20-16(11)24-12(8)15(23)21-10-6-5-7-18-14(10)22(3)4/h5-7H,1-4H3,(H,21,23)(H2,17,19,20). The van der Waals surface area contributed by atoms with Crippen molar-refractivity contribution in [3.63, 3.8) is 0 Å².